The van der Waals surface area contributed by atoms with Gasteiger partial charge in [0.25, 0.3) is 0 Å². The summed E-state index contributed by atoms with van der Waals surface area (Å²) in [7, 11) is 0. The zero-order valence-corrected chi connectivity index (χ0v) is 9.68. The lowest BCUT2D eigenvalue weighted by Gasteiger charge is -2.03. The summed E-state index contributed by atoms with van der Waals surface area (Å²) >= 11 is 0. The summed E-state index contributed by atoms with van der Waals surface area (Å²) in [5, 5.41) is 7.39. The Morgan fingerprint density at radius 2 is 1.71 bits per heavy atom. The highest BCUT2D eigenvalue weighted by atomic mass is 16.5. The number of nitrogens with zero attached hydrogens (tertiary/aromatic N) is 1. The van der Waals surface area contributed by atoms with Crippen LogP contribution >= 0.6 is 0 Å². The highest BCUT2D eigenvalue weighted by Crippen LogP contribution is 2.18. The number of hydrogen-bond donors (Lipinski definition) is 1. The summed E-state index contributed by atoms with van der Waals surface area (Å²) in [5.74, 6) is 0.855. The molecule has 0 aromatic heterocycles. The highest BCUT2D eigenvalue weighted by Gasteiger charge is 1.98. The number of nitrogens with one attached hydrogen (secondary N) is 1. The SMILES string of the molecule is CCOc1ccc(N=C2C=CC(=N)C=C2)cc1. The van der Waals surface area contributed by atoms with Crippen molar-refractivity contribution in [2.45, 2.75) is 6.92 Å². The maximum Gasteiger partial charge on any atom is 0.119 e. The fourth-order valence-corrected chi connectivity index (χ4v) is 1.47. The molecular formula is C14H14N2O. The molecule has 0 aliphatic heterocycles. The van der Waals surface area contributed by atoms with E-state index in [-0.39, 0.29) is 0 Å². The maximum atomic E-state index is 7.39. The molecule has 0 saturated carbocycles. The molecule has 0 spiro atoms. The van der Waals surface area contributed by atoms with Crippen molar-refractivity contribution in [3.05, 3.63) is 48.6 Å². The molecular weight excluding hydrogens is 212 g/mol. The van der Waals surface area contributed by atoms with Crippen molar-refractivity contribution >= 4 is 17.1 Å². The Balaban J connectivity index is 2.13. The maximum absolute atomic E-state index is 7.39. The smallest absolute Gasteiger partial charge is 0.119 e. The molecule has 2 rings (SSSR count). The van der Waals surface area contributed by atoms with E-state index in [4.69, 9.17) is 10.1 Å². The third kappa shape index (κ3) is 3.14. The van der Waals surface area contributed by atoms with Gasteiger partial charge in [-0.2, -0.15) is 0 Å². The van der Waals surface area contributed by atoms with Crippen LogP contribution in [0, 0.1) is 5.41 Å². The van der Waals surface area contributed by atoms with E-state index in [9.17, 15) is 0 Å². The highest BCUT2D eigenvalue weighted by molar-refractivity contribution is 6.17. The van der Waals surface area contributed by atoms with Gasteiger partial charge in [-0.1, -0.05) is 0 Å². The molecule has 0 unspecified atom stereocenters. The van der Waals surface area contributed by atoms with E-state index in [0.29, 0.717) is 12.3 Å². The second kappa shape index (κ2) is 5.25. The Hall–Kier alpha value is -2.16. The standard InChI is InChI=1S/C14H14N2O/c1-2-17-14-9-7-13(8-10-14)16-12-5-3-11(15)4-6-12/h3-10,15H,2H2,1H3. The minimum atomic E-state index is 0.496. The van der Waals surface area contributed by atoms with Crippen molar-refractivity contribution < 1.29 is 4.74 Å². The lowest BCUT2D eigenvalue weighted by atomic mass is 10.1. The van der Waals surface area contributed by atoms with Gasteiger partial charge in [0, 0.05) is 0 Å². The van der Waals surface area contributed by atoms with E-state index < -0.39 is 0 Å². The molecule has 3 heteroatoms. The van der Waals surface area contributed by atoms with Gasteiger partial charge < -0.3 is 10.1 Å². The van der Waals surface area contributed by atoms with Crippen molar-refractivity contribution in [1.82, 2.24) is 0 Å². The van der Waals surface area contributed by atoms with Crippen LogP contribution in [0.2, 0.25) is 0 Å². The number of benzene rings is 1. The minimum absolute atomic E-state index is 0.496. The summed E-state index contributed by atoms with van der Waals surface area (Å²) in [5.41, 5.74) is 2.23. The van der Waals surface area contributed by atoms with E-state index in [1.54, 1.807) is 12.2 Å². The first-order valence-electron chi connectivity index (χ1n) is 5.54. The molecule has 1 aliphatic rings. The first kappa shape index (κ1) is 11.3. The molecule has 1 aliphatic carbocycles. The van der Waals surface area contributed by atoms with Crippen LogP contribution in [0.4, 0.5) is 5.69 Å². The van der Waals surface area contributed by atoms with Gasteiger partial charge >= 0.3 is 0 Å². The summed E-state index contributed by atoms with van der Waals surface area (Å²) in [6, 6.07) is 7.64. The summed E-state index contributed by atoms with van der Waals surface area (Å²) in [4.78, 5) is 4.44. The molecule has 0 bridgehead atoms. The van der Waals surface area contributed by atoms with Crippen molar-refractivity contribution in [3.8, 4) is 5.75 Å². The molecule has 0 radical (unpaired) electrons. The zero-order chi connectivity index (χ0) is 12.1. The number of aliphatic imine (C=N–C) groups is 1. The zero-order valence-electron chi connectivity index (χ0n) is 9.68. The summed E-state index contributed by atoms with van der Waals surface area (Å²) in [6.45, 7) is 2.63. The minimum Gasteiger partial charge on any atom is -0.494 e. The van der Waals surface area contributed by atoms with Gasteiger partial charge in [0.2, 0.25) is 0 Å². The molecule has 1 aromatic carbocycles. The van der Waals surface area contributed by atoms with E-state index >= 15 is 0 Å². The first-order valence-corrected chi connectivity index (χ1v) is 5.54. The van der Waals surface area contributed by atoms with Gasteiger partial charge in [0.1, 0.15) is 5.75 Å². The van der Waals surface area contributed by atoms with Crippen molar-refractivity contribution in [2.75, 3.05) is 6.61 Å². The molecule has 1 N–H and O–H groups in total. The average Bonchev–Trinajstić information content (AvgIpc) is 2.35. The van der Waals surface area contributed by atoms with Gasteiger partial charge in [-0.05, 0) is 55.5 Å². The van der Waals surface area contributed by atoms with E-state index in [2.05, 4.69) is 4.99 Å². The Labute approximate surface area is 101 Å². The van der Waals surface area contributed by atoms with Crippen molar-refractivity contribution in [2.24, 2.45) is 4.99 Å². The van der Waals surface area contributed by atoms with Crippen molar-refractivity contribution in [1.29, 1.82) is 5.41 Å². The molecule has 1 aromatic rings. The largest absolute Gasteiger partial charge is 0.494 e. The van der Waals surface area contributed by atoms with E-state index in [1.807, 2.05) is 43.3 Å². The Bertz CT molecular complexity index is 477. The molecule has 0 saturated heterocycles. The number of hydrogen-bond acceptors (Lipinski definition) is 3. The fraction of sp³-hybridized carbons (Fsp3) is 0.143. The normalized spacial score (nSPS) is 13.9. The monoisotopic (exact) mass is 226 g/mol. The molecule has 17 heavy (non-hydrogen) atoms. The molecule has 3 nitrogen and oxygen atoms in total. The van der Waals surface area contributed by atoms with Crippen LogP contribution in [0.1, 0.15) is 6.92 Å². The second-order valence-electron chi connectivity index (χ2n) is 3.59. The summed E-state index contributed by atoms with van der Waals surface area (Å²) < 4.78 is 5.36. The van der Waals surface area contributed by atoms with Gasteiger partial charge in [-0.15, -0.1) is 0 Å². The quantitative estimate of drug-likeness (QED) is 0.789. The Morgan fingerprint density at radius 3 is 2.29 bits per heavy atom. The molecule has 0 heterocycles. The van der Waals surface area contributed by atoms with Crippen LogP contribution in [0.5, 0.6) is 5.75 Å². The van der Waals surface area contributed by atoms with Crippen LogP contribution in [0.3, 0.4) is 0 Å². The Morgan fingerprint density at radius 1 is 1.06 bits per heavy atom. The number of rotatable bonds is 3. The lowest BCUT2D eigenvalue weighted by molar-refractivity contribution is 0.340. The van der Waals surface area contributed by atoms with Crippen molar-refractivity contribution in [3.63, 3.8) is 0 Å². The predicted octanol–water partition coefficient (Wildman–Crippen LogP) is 3.30. The van der Waals surface area contributed by atoms with Crippen LogP contribution in [-0.4, -0.2) is 18.0 Å². The van der Waals surface area contributed by atoms with Crippen LogP contribution < -0.4 is 4.74 Å². The Kier molecular flexibility index (Phi) is 3.50. The molecule has 86 valence electrons. The van der Waals surface area contributed by atoms with Crippen LogP contribution in [-0.2, 0) is 0 Å². The van der Waals surface area contributed by atoms with Gasteiger partial charge in [-0.3, -0.25) is 0 Å². The predicted molar refractivity (Wildman–Crippen MR) is 70.7 cm³/mol. The number of ether oxygens (including phenoxy) is 1. The first-order chi connectivity index (χ1) is 8.28. The fourth-order valence-electron chi connectivity index (χ4n) is 1.47. The van der Waals surface area contributed by atoms with E-state index in [0.717, 1.165) is 17.1 Å². The van der Waals surface area contributed by atoms with Gasteiger partial charge in [-0.25, -0.2) is 4.99 Å². The topological polar surface area (TPSA) is 45.4 Å². The van der Waals surface area contributed by atoms with E-state index in [1.165, 1.54) is 0 Å². The molecule has 0 fully saturated rings. The third-order valence-electron chi connectivity index (χ3n) is 2.27. The van der Waals surface area contributed by atoms with Gasteiger partial charge in [0.05, 0.1) is 23.7 Å². The van der Waals surface area contributed by atoms with Crippen LogP contribution in [0.25, 0.3) is 0 Å². The van der Waals surface area contributed by atoms with Crippen LogP contribution in [0.15, 0.2) is 53.6 Å². The molecule has 0 atom stereocenters. The second-order valence-corrected chi connectivity index (χ2v) is 3.59. The number of allylic oxidation sites excluding steroid dienone is 4. The third-order valence-corrected chi connectivity index (χ3v) is 2.27. The molecule has 0 amide bonds. The average molecular weight is 226 g/mol. The summed E-state index contributed by atoms with van der Waals surface area (Å²) in [6.07, 6.45) is 7.12. The van der Waals surface area contributed by atoms with Gasteiger partial charge in [0.15, 0.2) is 0 Å². The lowest BCUT2D eigenvalue weighted by Crippen LogP contribution is -1.97.